The van der Waals surface area contributed by atoms with Crippen LogP contribution in [-0.2, 0) is 4.79 Å². The molecule has 4 aliphatic carbocycles. The van der Waals surface area contributed by atoms with E-state index in [1.165, 1.54) is 44.0 Å². The number of fused-ring (bicyclic) bond motifs is 5. The largest absolute Gasteiger partial charge is 0.393 e. The molecule has 0 heterocycles. The number of benzene rings is 1. The summed E-state index contributed by atoms with van der Waals surface area (Å²) in [5.41, 5.74) is 3.83. The molecular formula is C31H45FN2O3. The van der Waals surface area contributed by atoms with Crippen molar-refractivity contribution in [2.24, 2.45) is 51.4 Å². The molecule has 1 aromatic rings. The van der Waals surface area contributed by atoms with Crippen LogP contribution in [0.2, 0.25) is 0 Å². The Labute approximate surface area is 221 Å². The lowest BCUT2D eigenvalue weighted by molar-refractivity contribution is -0.174. The van der Waals surface area contributed by atoms with E-state index in [0.29, 0.717) is 41.9 Å². The number of hydrogen-bond donors (Lipinski definition) is 3. The minimum Gasteiger partial charge on any atom is -0.393 e. The number of hydrazone groups is 1. The molecule has 0 bridgehead atoms. The minimum absolute atomic E-state index is 0.0882. The van der Waals surface area contributed by atoms with Crippen molar-refractivity contribution in [1.82, 2.24) is 5.43 Å². The van der Waals surface area contributed by atoms with Crippen molar-refractivity contribution in [2.75, 3.05) is 0 Å². The molecular weight excluding hydrogens is 467 g/mol. The predicted octanol–water partition coefficient (Wildman–Crippen LogP) is 5.68. The number of carbonyl (C=O) groups is 1. The van der Waals surface area contributed by atoms with Gasteiger partial charge in [0.05, 0.1) is 18.4 Å². The number of nitrogens with one attached hydrogen (secondary N) is 1. The van der Waals surface area contributed by atoms with E-state index in [-0.39, 0.29) is 34.8 Å². The third-order valence-corrected chi connectivity index (χ3v) is 11.5. The first-order valence-corrected chi connectivity index (χ1v) is 14.6. The number of carbonyl (C=O) groups excluding carboxylic acids is 1. The fraction of sp³-hybridized carbons (Fsp3) is 0.742. The maximum absolute atomic E-state index is 13.0. The van der Waals surface area contributed by atoms with Crippen LogP contribution in [0.25, 0.3) is 0 Å². The highest BCUT2D eigenvalue weighted by Gasteiger charge is 2.62. The van der Waals surface area contributed by atoms with Gasteiger partial charge in [0.15, 0.2) is 0 Å². The number of halogens is 1. The van der Waals surface area contributed by atoms with Crippen molar-refractivity contribution in [2.45, 2.75) is 97.2 Å². The molecule has 5 nitrogen and oxygen atoms in total. The Morgan fingerprint density at radius 3 is 2.54 bits per heavy atom. The van der Waals surface area contributed by atoms with Crippen molar-refractivity contribution in [3.05, 3.63) is 35.6 Å². The van der Waals surface area contributed by atoms with Gasteiger partial charge in [0.25, 0.3) is 0 Å². The Hall–Kier alpha value is -1.79. The van der Waals surface area contributed by atoms with Crippen LogP contribution in [0.5, 0.6) is 0 Å². The normalized spacial score (nSPS) is 42.1. The zero-order valence-corrected chi connectivity index (χ0v) is 22.7. The molecule has 0 saturated heterocycles. The maximum Gasteiger partial charge on any atom is 0.240 e. The van der Waals surface area contributed by atoms with Crippen LogP contribution in [0.1, 0.15) is 90.5 Å². The Kier molecular flexibility index (Phi) is 7.54. The van der Waals surface area contributed by atoms with Gasteiger partial charge >= 0.3 is 0 Å². The van der Waals surface area contributed by atoms with Crippen LogP contribution in [-0.4, -0.2) is 34.5 Å². The summed E-state index contributed by atoms with van der Waals surface area (Å²) in [6.45, 7) is 7.24. The summed E-state index contributed by atoms with van der Waals surface area (Å²) >= 11 is 0. The van der Waals surface area contributed by atoms with Crippen LogP contribution in [0, 0.1) is 52.2 Å². The molecule has 204 valence electrons. The lowest BCUT2D eigenvalue weighted by Crippen LogP contribution is -2.58. The van der Waals surface area contributed by atoms with Gasteiger partial charge < -0.3 is 10.2 Å². The second kappa shape index (κ2) is 10.4. The predicted molar refractivity (Wildman–Crippen MR) is 143 cm³/mol. The average Bonchev–Trinajstić information content (AvgIpc) is 3.22. The zero-order valence-electron chi connectivity index (χ0n) is 22.7. The Morgan fingerprint density at radius 2 is 1.78 bits per heavy atom. The van der Waals surface area contributed by atoms with Crippen molar-refractivity contribution < 1.29 is 19.4 Å². The van der Waals surface area contributed by atoms with Gasteiger partial charge in [0.2, 0.25) is 5.91 Å². The SMILES string of the molecule is C[C@H](CCC(=O)N/N=C\c1ccc(F)cc1)[C@H]1CC[C@H]2[C@@H]3[C@H](O)C[C@H]4C[C@@H](O)CC[C@]4(C)[C@H]3CC[C@]12C. The molecule has 0 spiro atoms. The third-order valence-electron chi connectivity index (χ3n) is 11.5. The zero-order chi connectivity index (χ0) is 26.4. The first-order valence-electron chi connectivity index (χ1n) is 14.6. The average molecular weight is 513 g/mol. The van der Waals surface area contributed by atoms with Crippen molar-refractivity contribution in [1.29, 1.82) is 0 Å². The summed E-state index contributed by atoms with van der Waals surface area (Å²) in [7, 11) is 0. The number of aliphatic hydroxyl groups is 2. The number of rotatable bonds is 6. The van der Waals surface area contributed by atoms with Crippen molar-refractivity contribution >= 4 is 12.1 Å². The Bertz CT molecular complexity index is 999. The maximum atomic E-state index is 13.0. The van der Waals surface area contributed by atoms with Gasteiger partial charge in [0.1, 0.15) is 5.82 Å². The van der Waals surface area contributed by atoms with Gasteiger partial charge in [-0.2, -0.15) is 5.10 Å². The van der Waals surface area contributed by atoms with Gasteiger partial charge in [-0.15, -0.1) is 0 Å². The van der Waals surface area contributed by atoms with Gasteiger partial charge in [-0.05, 0) is 122 Å². The van der Waals surface area contributed by atoms with Crippen LogP contribution in [0.4, 0.5) is 4.39 Å². The Morgan fingerprint density at radius 1 is 1.08 bits per heavy atom. The highest BCUT2D eigenvalue weighted by Crippen LogP contribution is 2.68. The van der Waals surface area contributed by atoms with Crippen LogP contribution < -0.4 is 5.43 Å². The van der Waals surface area contributed by atoms with E-state index in [1.54, 1.807) is 12.1 Å². The molecule has 10 atom stereocenters. The number of nitrogens with zero attached hydrogens (tertiary/aromatic N) is 1. The lowest BCUT2D eigenvalue weighted by Gasteiger charge is -2.62. The highest BCUT2D eigenvalue weighted by atomic mass is 19.1. The topological polar surface area (TPSA) is 81.9 Å². The molecule has 5 rings (SSSR count). The molecule has 4 aliphatic rings. The summed E-state index contributed by atoms with van der Waals surface area (Å²) < 4.78 is 13.0. The van der Waals surface area contributed by atoms with Gasteiger partial charge in [-0.25, -0.2) is 9.82 Å². The lowest BCUT2D eigenvalue weighted by atomic mass is 9.43. The Balaban J connectivity index is 1.19. The molecule has 1 amide bonds. The molecule has 4 saturated carbocycles. The molecule has 6 heteroatoms. The highest BCUT2D eigenvalue weighted by molar-refractivity contribution is 5.82. The van der Waals surface area contributed by atoms with Crippen LogP contribution in [0.15, 0.2) is 29.4 Å². The first kappa shape index (κ1) is 26.8. The number of amides is 1. The molecule has 0 aliphatic heterocycles. The van der Waals surface area contributed by atoms with E-state index in [2.05, 4.69) is 31.3 Å². The summed E-state index contributed by atoms with van der Waals surface area (Å²) in [5.74, 6) is 2.55. The van der Waals surface area contributed by atoms with E-state index in [4.69, 9.17) is 0 Å². The summed E-state index contributed by atoms with van der Waals surface area (Å²) in [6, 6.07) is 6.00. The molecule has 3 N–H and O–H groups in total. The quantitative estimate of drug-likeness (QED) is 0.339. The van der Waals surface area contributed by atoms with E-state index in [9.17, 15) is 19.4 Å². The molecule has 37 heavy (non-hydrogen) atoms. The molecule has 0 radical (unpaired) electrons. The van der Waals surface area contributed by atoms with Crippen LogP contribution in [0.3, 0.4) is 0 Å². The molecule has 4 fully saturated rings. The first-order chi connectivity index (χ1) is 17.6. The van der Waals surface area contributed by atoms with Crippen LogP contribution >= 0.6 is 0 Å². The van der Waals surface area contributed by atoms with E-state index < -0.39 is 0 Å². The molecule has 0 aromatic heterocycles. The summed E-state index contributed by atoms with van der Waals surface area (Å²) in [4.78, 5) is 12.5. The fourth-order valence-corrected chi connectivity index (χ4v) is 9.52. The molecule has 0 unspecified atom stereocenters. The number of aliphatic hydroxyl groups excluding tert-OH is 2. The second-order valence-corrected chi connectivity index (χ2v) is 13.3. The van der Waals surface area contributed by atoms with Crippen molar-refractivity contribution in [3.8, 4) is 0 Å². The van der Waals surface area contributed by atoms with E-state index >= 15 is 0 Å². The summed E-state index contributed by atoms with van der Waals surface area (Å²) in [5, 5.41) is 25.8. The van der Waals surface area contributed by atoms with Gasteiger partial charge in [-0.1, -0.05) is 32.9 Å². The fourth-order valence-electron chi connectivity index (χ4n) is 9.52. The van der Waals surface area contributed by atoms with E-state index in [0.717, 1.165) is 37.7 Å². The van der Waals surface area contributed by atoms with Gasteiger partial charge in [-0.3, -0.25) is 4.79 Å². The number of hydrogen-bond acceptors (Lipinski definition) is 4. The van der Waals surface area contributed by atoms with E-state index in [1.807, 2.05) is 0 Å². The standard InChI is InChI=1S/C31H45FN2O3/c1-19(4-11-28(37)34-33-18-20-5-7-22(32)8-6-20)24-9-10-25-29-26(13-15-31(24,25)3)30(2)14-12-23(35)16-21(30)17-27(29)36/h5-8,18-19,21,23-27,29,35-36H,4,9-17H2,1-3H3,(H,34,37)/b33-18-/t19-,21-,23+,24-,25+,26+,27-,29+,30+,31-/m1/s1. The second-order valence-electron chi connectivity index (χ2n) is 13.3. The van der Waals surface area contributed by atoms with Gasteiger partial charge in [0, 0.05) is 6.42 Å². The molecule has 1 aromatic carbocycles. The third kappa shape index (κ3) is 5.01. The van der Waals surface area contributed by atoms with Crippen molar-refractivity contribution in [3.63, 3.8) is 0 Å². The smallest absolute Gasteiger partial charge is 0.240 e. The monoisotopic (exact) mass is 512 g/mol. The minimum atomic E-state index is -0.295. The summed E-state index contributed by atoms with van der Waals surface area (Å²) in [6.07, 6.45) is 10.8.